The van der Waals surface area contributed by atoms with Gasteiger partial charge in [0.15, 0.2) is 0 Å². The number of ether oxygens (including phenoxy) is 1. The van der Waals surface area contributed by atoms with Gasteiger partial charge in [0.05, 0.1) is 18.0 Å². The van der Waals surface area contributed by atoms with E-state index in [2.05, 4.69) is 15.9 Å². The van der Waals surface area contributed by atoms with Crippen molar-refractivity contribution in [1.29, 1.82) is 0 Å². The summed E-state index contributed by atoms with van der Waals surface area (Å²) in [6.07, 6.45) is 1.26. The Labute approximate surface area is 132 Å². The van der Waals surface area contributed by atoms with Crippen molar-refractivity contribution in [2.75, 3.05) is 20.2 Å². The Kier molecular flexibility index (Phi) is 5.22. The number of likely N-dealkylation sites (tertiary alicyclic amines) is 1. The van der Waals surface area contributed by atoms with Crippen LogP contribution in [0.1, 0.15) is 18.4 Å². The van der Waals surface area contributed by atoms with E-state index in [1.165, 1.54) is 0 Å². The number of rotatable bonds is 6. The third-order valence-electron chi connectivity index (χ3n) is 3.62. The average Bonchev–Trinajstić information content (AvgIpc) is 2.39. The Morgan fingerprint density at radius 3 is 2.71 bits per heavy atom. The van der Waals surface area contributed by atoms with E-state index in [1.54, 1.807) is 12.0 Å². The lowest BCUT2D eigenvalue weighted by Crippen LogP contribution is -2.50. The highest BCUT2D eigenvalue weighted by Crippen LogP contribution is 2.26. The van der Waals surface area contributed by atoms with E-state index in [1.807, 2.05) is 18.2 Å². The zero-order valence-electron chi connectivity index (χ0n) is 11.8. The lowest BCUT2D eigenvalue weighted by Gasteiger charge is -2.38. The number of aryl methyl sites for hydroxylation is 1. The second-order valence-electron chi connectivity index (χ2n) is 5.23. The summed E-state index contributed by atoms with van der Waals surface area (Å²) in [6, 6.07) is 5.77. The van der Waals surface area contributed by atoms with Crippen LogP contribution >= 0.6 is 15.9 Å². The van der Waals surface area contributed by atoms with Crippen molar-refractivity contribution >= 4 is 27.8 Å². The van der Waals surface area contributed by atoms with Crippen LogP contribution in [0.5, 0.6) is 5.75 Å². The van der Waals surface area contributed by atoms with E-state index >= 15 is 0 Å². The van der Waals surface area contributed by atoms with Gasteiger partial charge in [-0.2, -0.15) is 0 Å². The van der Waals surface area contributed by atoms with Crippen molar-refractivity contribution in [3.8, 4) is 5.75 Å². The topological polar surface area (TPSA) is 66.8 Å². The molecule has 1 heterocycles. The highest BCUT2D eigenvalue weighted by Gasteiger charge is 2.31. The van der Waals surface area contributed by atoms with Gasteiger partial charge < -0.3 is 14.7 Å². The molecule has 0 radical (unpaired) electrons. The van der Waals surface area contributed by atoms with Crippen molar-refractivity contribution in [2.24, 2.45) is 5.92 Å². The fraction of sp³-hybridized carbons (Fsp3) is 0.467. The summed E-state index contributed by atoms with van der Waals surface area (Å²) in [5.74, 6) is 0.171. The van der Waals surface area contributed by atoms with E-state index in [0.717, 1.165) is 15.8 Å². The van der Waals surface area contributed by atoms with E-state index in [0.29, 0.717) is 25.9 Å². The van der Waals surface area contributed by atoms with Gasteiger partial charge in [-0.25, -0.2) is 0 Å². The Morgan fingerprint density at radius 2 is 2.14 bits per heavy atom. The third-order valence-corrected chi connectivity index (χ3v) is 4.24. The van der Waals surface area contributed by atoms with E-state index in [9.17, 15) is 9.59 Å². The molecule has 0 spiro atoms. The predicted octanol–water partition coefficient (Wildman–Crippen LogP) is 2.32. The molecule has 0 atom stereocenters. The zero-order valence-corrected chi connectivity index (χ0v) is 13.4. The van der Waals surface area contributed by atoms with Crippen LogP contribution < -0.4 is 4.74 Å². The monoisotopic (exact) mass is 355 g/mol. The molecule has 6 heteroatoms. The first-order valence-electron chi connectivity index (χ1n) is 6.81. The predicted molar refractivity (Wildman–Crippen MR) is 81.3 cm³/mol. The molecule has 1 fully saturated rings. The van der Waals surface area contributed by atoms with Crippen LogP contribution in [0.15, 0.2) is 22.7 Å². The molecule has 1 aliphatic rings. The molecule has 1 amide bonds. The molecule has 0 aromatic heterocycles. The normalized spacial score (nSPS) is 14.7. The fourth-order valence-electron chi connectivity index (χ4n) is 2.42. The molecule has 1 aliphatic heterocycles. The van der Waals surface area contributed by atoms with Gasteiger partial charge in [0.2, 0.25) is 5.91 Å². The summed E-state index contributed by atoms with van der Waals surface area (Å²) in [7, 11) is 1.61. The quantitative estimate of drug-likeness (QED) is 0.850. The summed E-state index contributed by atoms with van der Waals surface area (Å²) in [5.41, 5.74) is 1.07. The van der Waals surface area contributed by atoms with E-state index in [4.69, 9.17) is 9.84 Å². The molecule has 21 heavy (non-hydrogen) atoms. The van der Waals surface area contributed by atoms with Gasteiger partial charge in [-0.1, -0.05) is 6.07 Å². The minimum Gasteiger partial charge on any atom is -0.496 e. The number of aliphatic carboxylic acids is 1. The first-order valence-corrected chi connectivity index (χ1v) is 7.61. The van der Waals surface area contributed by atoms with Crippen LogP contribution in [0, 0.1) is 5.92 Å². The number of hydrogen-bond donors (Lipinski definition) is 1. The van der Waals surface area contributed by atoms with Gasteiger partial charge in [0, 0.05) is 25.4 Å². The van der Waals surface area contributed by atoms with E-state index in [-0.39, 0.29) is 18.2 Å². The van der Waals surface area contributed by atoms with Crippen molar-refractivity contribution < 1.29 is 19.4 Å². The maximum absolute atomic E-state index is 12.0. The van der Waals surface area contributed by atoms with Gasteiger partial charge in [-0.15, -0.1) is 0 Å². The molecular formula is C15H18BrNO4. The maximum Gasteiger partial charge on any atom is 0.303 e. The second-order valence-corrected chi connectivity index (χ2v) is 6.09. The standard InChI is InChI=1S/C15H18BrNO4/c1-21-13-4-2-10(6-12(13)16)3-5-14(18)17-8-11(9-17)7-15(19)20/h2,4,6,11H,3,5,7-9H2,1H3,(H,19,20). The molecular weight excluding hydrogens is 338 g/mol. The highest BCUT2D eigenvalue weighted by atomic mass is 79.9. The lowest BCUT2D eigenvalue weighted by molar-refractivity contribution is -0.145. The molecule has 0 bridgehead atoms. The number of methoxy groups -OCH3 is 1. The smallest absolute Gasteiger partial charge is 0.303 e. The molecule has 5 nitrogen and oxygen atoms in total. The van der Waals surface area contributed by atoms with Crippen LogP contribution in [0.4, 0.5) is 0 Å². The van der Waals surface area contributed by atoms with Crippen molar-refractivity contribution in [3.05, 3.63) is 28.2 Å². The number of amides is 1. The largest absolute Gasteiger partial charge is 0.496 e. The van der Waals surface area contributed by atoms with E-state index < -0.39 is 5.97 Å². The molecule has 0 aliphatic carbocycles. The summed E-state index contributed by atoms with van der Waals surface area (Å²) in [4.78, 5) is 24.3. The summed E-state index contributed by atoms with van der Waals surface area (Å²) >= 11 is 3.42. The SMILES string of the molecule is COc1ccc(CCC(=O)N2CC(CC(=O)O)C2)cc1Br. The summed E-state index contributed by atoms with van der Waals surface area (Å²) in [6.45, 7) is 1.13. The maximum atomic E-state index is 12.0. The van der Waals surface area contributed by atoms with Crippen LogP contribution in [0.25, 0.3) is 0 Å². The number of halogens is 1. The number of benzene rings is 1. The number of nitrogens with zero attached hydrogens (tertiary/aromatic N) is 1. The number of carboxylic acid groups (broad SMARTS) is 1. The van der Waals surface area contributed by atoms with Crippen LogP contribution in [-0.4, -0.2) is 42.1 Å². The van der Waals surface area contributed by atoms with Gasteiger partial charge >= 0.3 is 5.97 Å². The molecule has 1 N–H and O–H groups in total. The lowest BCUT2D eigenvalue weighted by atomic mass is 9.95. The molecule has 0 unspecified atom stereocenters. The molecule has 1 aromatic carbocycles. The summed E-state index contributed by atoms with van der Waals surface area (Å²) < 4.78 is 6.04. The minimum atomic E-state index is -0.796. The van der Waals surface area contributed by atoms with Gasteiger partial charge in [-0.05, 0) is 40.0 Å². The Morgan fingerprint density at radius 1 is 1.43 bits per heavy atom. The molecule has 1 aromatic rings. The first kappa shape index (κ1) is 15.8. The van der Waals surface area contributed by atoms with Gasteiger partial charge in [-0.3, -0.25) is 9.59 Å². The number of carboxylic acids is 1. The Balaban J connectivity index is 1.77. The van der Waals surface area contributed by atoms with Crippen molar-refractivity contribution in [2.45, 2.75) is 19.3 Å². The van der Waals surface area contributed by atoms with Gasteiger partial charge in [0.1, 0.15) is 5.75 Å². The molecule has 0 saturated carbocycles. The van der Waals surface area contributed by atoms with Gasteiger partial charge in [0.25, 0.3) is 0 Å². The minimum absolute atomic E-state index is 0.0866. The second kappa shape index (κ2) is 6.93. The fourth-order valence-corrected chi connectivity index (χ4v) is 3.01. The van der Waals surface area contributed by atoms with Crippen LogP contribution in [0.3, 0.4) is 0 Å². The number of carbonyl (C=O) groups is 2. The van der Waals surface area contributed by atoms with Crippen LogP contribution in [0.2, 0.25) is 0 Å². The Hall–Kier alpha value is -1.56. The zero-order chi connectivity index (χ0) is 15.4. The van der Waals surface area contributed by atoms with Crippen molar-refractivity contribution in [3.63, 3.8) is 0 Å². The number of hydrogen-bond acceptors (Lipinski definition) is 3. The van der Waals surface area contributed by atoms with Crippen molar-refractivity contribution in [1.82, 2.24) is 4.90 Å². The molecule has 1 saturated heterocycles. The first-order chi connectivity index (χ1) is 9.99. The molecule has 114 valence electrons. The third kappa shape index (κ3) is 4.20. The van der Waals surface area contributed by atoms with Crippen LogP contribution in [-0.2, 0) is 16.0 Å². The number of carbonyl (C=O) groups excluding carboxylic acids is 1. The highest BCUT2D eigenvalue weighted by molar-refractivity contribution is 9.10. The molecule has 2 rings (SSSR count). The Bertz CT molecular complexity index is 540. The average molecular weight is 356 g/mol. The summed E-state index contributed by atoms with van der Waals surface area (Å²) in [5, 5.41) is 8.68.